The Morgan fingerprint density at radius 3 is 2.13 bits per heavy atom. The van der Waals surface area contributed by atoms with Crippen molar-refractivity contribution >= 4 is 5.91 Å². The van der Waals surface area contributed by atoms with Gasteiger partial charge >= 0.3 is 0 Å². The SMILES string of the molecule is CCC(CC)CNC(=O)CNC(C)(C)C. The van der Waals surface area contributed by atoms with Gasteiger partial charge in [0.2, 0.25) is 5.91 Å². The molecule has 3 heteroatoms. The maximum absolute atomic E-state index is 11.5. The summed E-state index contributed by atoms with van der Waals surface area (Å²) in [6.07, 6.45) is 2.26. The highest BCUT2D eigenvalue weighted by Crippen LogP contribution is 2.04. The van der Waals surface area contributed by atoms with Gasteiger partial charge in [-0.05, 0) is 26.7 Å². The van der Waals surface area contributed by atoms with E-state index in [1.807, 2.05) is 0 Å². The Bertz CT molecular complexity index is 181. The lowest BCUT2D eigenvalue weighted by molar-refractivity contribution is -0.120. The van der Waals surface area contributed by atoms with E-state index in [0.29, 0.717) is 12.5 Å². The molecule has 0 saturated carbocycles. The van der Waals surface area contributed by atoms with Gasteiger partial charge in [0.1, 0.15) is 0 Å². The van der Waals surface area contributed by atoms with Crippen LogP contribution < -0.4 is 10.6 Å². The van der Waals surface area contributed by atoms with Crippen LogP contribution in [0.2, 0.25) is 0 Å². The molecular formula is C12H26N2O. The summed E-state index contributed by atoms with van der Waals surface area (Å²) in [7, 11) is 0. The van der Waals surface area contributed by atoms with Crippen molar-refractivity contribution in [3.8, 4) is 0 Å². The number of carbonyl (C=O) groups is 1. The number of nitrogens with one attached hydrogen (secondary N) is 2. The number of amides is 1. The van der Waals surface area contributed by atoms with Crippen LogP contribution in [0.1, 0.15) is 47.5 Å². The molecule has 15 heavy (non-hydrogen) atoms. The first-order valence-electron chi connectivity index (χ1n) is 5.90. The maximum Gasteiger partial charge on any atom is 0.233 e. The molecule has 0 aliphatic rings. The van der Waals surface area contributed by atoms with E-state index in [2.05, 4.69) is 45.3 Å². The number of hydrogen-bond acceptors (Lipinski definition) is 2. The van der Waals surface area contributed by atoms with Crippen molar-refractivity contribution in [1.82, 2.24) is 10.6 Å². The largest absolute Gasteiger partial charge is 0.355 e. The fraction of sp³-hybridized carbons (Fsp3) is 0.917. The van der Waals surface area contributed by atoms with Gasteiger partial charge < -0.3 is 10.6 Å². The molecule has 0 aliphatic heterocycles. The van der Waals surface area contributed by atoms with Gasteiger partial charge in [-0.15, -0.1) is 0 Å². The van der Waals surface area contributed by atoms with Crippen LogP contribution in [0, 0.1) is 5.92 Å². The molecule has 0 aromatic carbocycles. The van der Waals surface area contributed by atoms with E-state index < -0.39 is 0 Å². The molecule has 0 aliphatic carbocycles. The molecule has 0 spiro atoms. The third-order valence-electron chi connectivity index (χ3n) is 2.52. The van der Waals surface area contributed by atoms with Gasteiger partial charge in [0, 0.05) is 12.1 Å². The molecule has 0 radical (unpaired) electrons. The molecule has 0 rings (SSSR count). The van der Waals surface area contributed by atoms with Crippen molar-refractivity contribution in [3.05, 3.63) is 0 Å². The van der Waals surface area contributed by atoms with Crippen molar-refractivity contribution in [2.24, 2.45) is 5.92 Å². The summed E-state index contributed by atoms with van der Waals surface area (Å²) >= 11 is 0. The zero-order chi connectivity index (χ0) is 11.9. The molecular weight excluding hydrogens is 188 g/mol. The molecule has 2 N–H and O–H groups in total. The van der Waals surface area contributed by atoms with Gasteiger partial charge in [0.05, 0.1) is 6.54 Å². The zero-order valence-electron chi connectivity index (χ0n) is 10.8. The van der Waals surface area contributed by atoms with Crippen molar-refractivity contribution in [2.45, 2.75) is 53.0 Å². The second-order valence-electron chi connectivity index (χ2n) is 5.09. The molecule has 0 bridgehead atoms. The fourth-order valence-corrected chi connectivity index (χ4v) is 1.24. The monoisotopic (exact) mass is 214 g/mol. The summed E-state index contributed by atoms with van der Waals surface area (Å²) < 4.78 is 0. The molecule has 3 nitrogen and oxygen atoms in total. The highest BCUT2D eigenvalue weighted by Gasteiger charge is 2.11. The molecule has 0 fully saturated rings. The lowest BCUT2D eigenvalue weighted by Gasteiger charge is -2.20. The van der Waals surface area contributed by atoms with Crippen LogP contribution >= 0.6 is 0 Å². The molecule has 0 saturated heterocycles. The molecule has 0 unspecified atom stereocenters. The highest BCUT2D eigenvalue weighted by molar-refractivity contribution is 5.78. The van der Waals surface area contributed by atoms with Gasteiger partial charge in [-0.1, -0.05) is 26.7 Å². The van der Waals surface area contributed by atoms with Crippen molar-refractivity contribution in [3.63, 3.8) is 0 Å². The average Bonchev–Trinajstić information content (AvgIpc) is 2.15. The second kappa shape index (κ2) is 6.83. The van der Waals surface area contributed by atoms with E-state index in [4.69, 9.17) is 0 Å². The minimum Gasteiger partial charge on any atom is -0.355 e. The molecule has 0 heterocycles. The summed E-state index contributed by atoms with van der Waals surface area (Å²) in [5, 5.41) is 6.13. The van der Waals surface area contributed by atoms with Gasteiger partial charge in [-0.3, -0.25) is 4.79 Å². The van der Waals surface area contributed by atoms with Crippen LogP contribution in [0.5, 0.6) is 0 Å². The number of rotatable bonds is 6. The van der Waals surface area contributed by atoms with Gasteiger partial charge in [0.25, 0.3) is 0 Å². The lowest BCUT2D eigenvalue weighted by atomic mass is 10.0. The van der Waals surface area contributed by atoms with Gasteiger partial charge in [-0.2, -0.15) is 0 Å². The topological polar surface area (TPSA) is 41.1 Å². The van der Waals surface area contributed by atoms with Gasteiger partial charge in [-0.25, -0.2) is 0 Å². The third kappa shape index (κ3) is 8.43. The molecule has 0 aromatic rings. The molecule has 0 atom stereocenters. The fourth-order valence-electron chi connectivity index (χ4n) is 1.24. The predicted octanol–water partition coefficient (Wildman–Crippen LogP) is 1.93. The van der Waals surface area contributed by atoms with E-state index in [-0.39, 0.29) is 11.4 Å². The summed E-state index contributed by atoms with van der Waals surface area (Å²) in [5.41, 5.74) is 0.00620. The highest BCUT2D eigenvalue weighted by atomic mass is 16.1. The summed E-state index contributed by atoms with van der Waals surface area (Å²) in [5.74, 6) is 0.709. The Labute approximate surface area is 94.0 Å². The number of carbonyl (C=O) groups excluding carboxylic acids is 1. The predicted molar refractivity (Wildman–Crippen MR) is 64.8 cm³/mol. The van der Waals surface area contributed by atoms with Crippen molar-refractivity contribution < 1.29 is 4.79 Å². The van der Waals surface area contributed by atoms with Crippen LogP contribution in [-0.2, 0) is 4.79 Å². The van der Waals surface area contributed by atoms with Crippen molar-refractivity contribution in [2.75, 3.05) is 13.1 Å². The van der Waals surface area contributed by atoms with Crippen LogP contribution in [0.4, 0.5) is 0 Å². The Balaban J connectivity index is 3.66. The second-order valence-corrected chi connectivity index (χ2v) is 5.09. The van der Waals surface area contributed by atoms with E-state index in [1.54, 1.807) is 0 Å². The van der Waals surface area contributed by atoms with Gasteiger partial charge in [0.15, 0.2) is 0 Å². The normalized spacial score (nSPS) is 11.9. The molecule has 0 aromatic heterocycles. The van der Waals surface area contributed by atoms with Crippen LogP contribution in [-0.4, -0.2) is 24.5 Å². The summed E-state index contributed by atoms with van der Waals surface area (Å²) in [4.78, 5) is 11.5. The Morgan fingerprint density at radius 2 is 1.73 bits per heavy atom. The van der Waals surface area contributed by atoms with E-state index >= 15 is 0 Å². The minimum absolute atomic E-state index is 0.00620. The molecule has 1 amide bonds. The quantitative estimate of drug-likeness (QED) is 0.709. The average molecular weight is 214 g/mol. The van der Waals surface area contributed by atoms with Crippen LogP contribution in [0.25, 0.3) is 0 Å². The summed E-state index contributed by atoms with van der Waals surface area (Å²) in [6, 6.07) is 0. The third-order valence-corrected chi connectivity index (χ3v) is 2.52. The first-order chi connectivity index (χ1) is 6.89. The standard InChI is InChI=1S/C12H26N2O/c1-6-10(7-2)8-13-11(15)9-14-12(3,4)5/h10,14H,6-9H2,1-5H3,(H,13,15). The van der Waals surface area contributed by atoms with E-state index in [1.165, 1.54) is 0 Å². The maximum atomic E-state index is 11.5. The smallest absolute Gasteiger partial charge is 0.233 e. The lowest BCUT2D eigenvalue weighted by Crippen LogP contribution is -2.44. The Kier molecular flexibility index (Phi) is 6.57. The number of hydrogen-bond donors (Lipinski definition) is 2. The zero-order valence-corrected chi connectivity index (χ0v) is 10.8. The Morgan fingerprint density at radius 1 is 1.20 bits per heavy atom. The molecule has 90 valence electrons. The van der Waals surface area contributed by atoms with E-state index in [9.17, 15) is 4.79 Å². The van der Waals surface area contributed by atoms with Crippen LogP contribution in [0.3, 0.4) is 0 Å². The van der Waals surface area contributed by atoms with E-state index in [0.717, 1.165) is 19.4 Å². The van der Waals surface area contributed by atoms with Crippen LogP contribution in [0.15, 0.2) is 0 Å². The minimum atomic E-state index is 0.00620. The summed E-state index contributed by atoms with van der Waals surface area (Å²) in [6.45, 7) is 11.7. The first kappa shape index (κ1) is 14.4. The van der Waals surface area contributed by atoms with Crippen molar-refractivity contribution in [1.29, 1.82) is 0 Å². The first-order valence-corrected chi connectivity index (χ1v) is 5.90. The Hall–Kier alpha value is -0.570.